The van der Waals surface area contributed by atoms with Gasteiger partial charge in [0.2, 0.25) is 0 Å². The summed E-state index contributed by atoms with van der Waals surface area (Å²) in [5.74, 6) is -0.672. The molecule has 1 atom stereocenters. The Morgan fingerprint density at radius 1 is 1.16 bits per heavy atom. The Morgan fingerprint density at radius 3 is 2.81 bits per heavy atom. The molecule has 2 heterocycles. The highest BCUT2D eigenvalue weighted by atomic mass is 16.5. The molecule has 7 heteroatoms. The molecule has 160 valence electrons. The zero-order valence-electron chi connectivity index (χ0n) is 17.7. The van der Waals surface area contributed by atoms with Crippen LogP contribution >= 0.6 is 0 Å². The number of aromatic nitrogens is 2. The van der Waals surface area contributed by atoms with E-state index >= 15 is 0 Å². The Labute approximate surface area is 180 Å². The number of ether oxygens (including phenoxy) is 1. The highest BCUT2D eigenvalue weighted by Gasteiger charge is 2.29. The molecular weight excluding hydrogens is 394 g/mol. The molecule has 1 aliphatic heterocycles. The van der Waals surface area contributed by atoms with Crippen molar-refractivity contribution < 1.29 is 14.3 Å². The van der Waals surface area contributed by atoms with Crippen molar-refractivity contribution >= 4 is 28.5 Å². The van der Waals surface area contributed by atoms with E-state index in [1.807, 2.05) is 43.3 Å². The van der Waals surface area contributed by atoms with Gasteiger partial charge in [0.25, 0.3) is 11.5 Å². The van der Waals surface area contributed by atoms with E-state index in [0.29, 0.717) is 30.4 Å². The summed E-state index contributed by atoms with van der Waals surface area (Å²) in [6.45, 7) is 4.46. The molecule has 31 heavy (non-hydrogen) atoms. The van der Waals surface area contributed by atoms with Crippen LogP contribution in [0.25, 0.3) is 10.9 Å². The van der Waals surface area contributed by atoms with Crippen molar-refractivity contribution in [3.05, 3.63) is 70.3 Å². The Morgan fingerprint density at radius 2 is 1.97 bits per heavy atom. The molecular formula is C24H25N3O4. The minimum atomic E-state index is -0.855. The Hall–Kier alpha value is -3.48. The fraction of sp³-hybridized carbons (Fsp3) is 0.333. The van der Waals surface area contributed by atoms with Crippen molar-refractivity contribution in [2.75, 3.05) is 11.4 Å². The number of hydrogen-bond acceptors (Lipinski definition) is 5. The quantitative estimate of drug-likeness (QED) is 0.574. The second-order valence-electron chi connectivity index (χ2n) is 7.82. The summed E-state index contributed by atoms with van der Waals surface area (Å²) in [4.78, 5) is 43.7. The number of nitrogens with zero attached hydrogens (tertiary/aromatic N) is 3. The van der Waals surface area contributed by atoms with Crippen LogP contribution < -0.4 is 10.5 Å². The van der Waals surface area contributed by atoms with Crippen LogP contribution in [-0.4, -0.2) is 34.1 Å². The van der Waals surface area contributed by atoms with Gasteiger partial charge in [-0.2, -0.15) is 0 Å². The average molecular weight is 419 g/mol. The van der Waals surface area contributed by atoms with Crippen LogP contribution in [0.4, 0.5) is 5.69 Å². The summed E-state index contributed by atoms with van der Waals surface area (Å²) in [5.41, 5.74) is 3.52. The van der Waals surface area contributed by atoms with Crippen LogP contribution in [0.3, 0.4) is 0 Å². The summed E-state index contributed by atoms with van der Waals surface area (Å²) in [7, 11) is 0. The van der Waals surface area contributed by atoms with E-state index in [2.05, 4.69) is 4.98 Å². The number of benzene rings is 2. The summed E-state index contributed by atoms with van der Waals surface area (Å²) >= 11 is 0. The number of esters is 1. The minimum absolute atomic E-state index is 0.118. The number of rotatable bonds is 6. The molecule has 4 rings (SSSR count). The molecule has 0 saturated heterocycles. The summed E-state index contributed by atoms with van der Waals surface area (Å²) < 4.78 is 6.87. The minimum Gasteiger partial charge on any atom is -0.453 e. The van der Waals surface area contributed by atoms with Crippen molar-refractivity contribution in [1.29, 1.82) is 0 Å². The van der Waals surface area contributed by atoms with Crippen LogP contribution in [0, 0.1) is 6.92 Å². The first-order valence-corrected chi connectivity index (χ1v) is 10.5. The van der Waals surface area contributed by atoms with Gasteiger partial charge >= 0.3 is 5.97 Å². The summed E-state index contributed by atoms with van der Waals surface area (Å²) in [6.07, 6.45) is 2.00. The molecule has 0 spiro atoms. The third-order valence-electron chi connectivity index (χ3n) is 5.64. The fourth-order valence-corrected chi connectivity index (χ4v) is 3.98. The van der Waals surface area contributed by atoms with Gasteiger partial charge in [-0.25, -0.2) is 4.98 Å². The van der Waals surface area contributed by atoms with Crippen molar-refractivity contribution in [3.8, 4) is 0 Å². The van der Waals surface area contributed by atoms with Gasteiger partial charge in [0.1, 0.15) is 0 Å². The number of hydrogen-bond donors (Lipinski definition) is 0. The van der Waals surface area contributed by atoms with Gasteiger partial charge in [-0.3, -0.25) is 19.0 Å². The number of fused-ring (bicyclic) bond motifs is 2. The number of para-hydroxylation sites is 2. The van der Waals surface area contributed by atoms with Gasteiger partial charge in [-0.05, 0) is 49.9 Å². The molecule has 0 bridgehead atoms. The molecule has 7 nitrogen and oxygen atoms in total. The summed E-state index contributed by atoms with van der Waals surface area (Å²) in [5, 5.41) is 0.565. The number of carbonyl (C=O) groups excluding carboxylic acids is 2. The van der Waals surface area contributed by atoms with Gasteiger partial charge in [0, 0.05) is 25.2 Å². The lowest BCUT2D eigenvalue weighted by atomic mass is 10.1. The largest absolute Gasteiger partial charge is 0.453 e. The molecule has 0 saturated carbocycles. The van der Waals surface area contributed by atoms with Gasteiger partial charge in [0.15, 0.2) is 6.10 Å². The molecule has 1 amide bonds. The predicted molar refractivity (Wildman–Crippen MR) is 118 cm³/mol. The van der Waals surface area contributed by atoms with Crippen LogP contribution in [0.15, 0.2) is 53.6 Å². The van der Waals surface area contributed by atoms with Crippen molar-refractivity contribution in [1.82, 2.24) is 9.55 Å². The third kappa shape index (κ3) is 4.21. The van der Waals surface area contributed by atoms with E-state index in [4.69, 9.17) is 4.74 Å². The van der Waals surface area contributed by atoms with Gasteiger partial charge < -0.3 is 9.64 Å². The molecule has 1 aromatic heterocycles. The predicted octanol–water partition coefficient (Wildman–Crippen LogP) is 3.01. The van der Waals surface area contributed by atoms with Crippen LogP contribution in [0.1, 0.15) is 30.9 Å². The van der Waals surface area contributed by atoms with E-state index in [9.17, 15) is 14.4 Å². The lowest BCUT2D eigenvalue weighted by molar-refractivity contribution is -0.154. The zero-order chi connectivity index (χ0) is 22.0. The molecule has 0 N–H and O–H groups in total. The first-order chi connectivity index (χ1) is 15.0. The molecule has 2 aromatic carbocycles. The van der Waals surface area contributed by atoms with Gasteiger partial charge in [-0.15, -0.1) is 0 Å². The normalized spacial score (nSPS) is 13.8. The Kier molecular flexibility index (Phi) is 5.84. The number of amides is 1. The van der Waals surface area contributed by atoms with Gasteiger partial charge in [0.05, 0.1) is 17.2 Å². The van der Waals surface area contributed by atoms with Gasteiger partial charge in [-0.1, -0.05) is 30.3 Å². The van der Waals surface area contributed by atoms with Crippen LogP contribution in [-0.2, 0) is 27.3 Å². The molecule has 0 aliphatic carbocycles. The van der Waals surface area contributed by atoms with E-state index in [1.54, 1.807) is 17.9 Å². The molecule has 1 aliphatic rings. The van der Waals surface area contributed by atoms with E-state index in [0.717, 1.165) is 23.2 Å². The fourth-order valence-electron chi connectivity index (χ4n) is 3.98. The second kappa shape index (κ2) is 8.71. The molecule has 0 fully saturated rings. The number of carbonyl (C=O) groups is 2. The van der Waals surface area contributed by atoms with Crippen molar-refractivity contribution in [2.45, 2.75) is 45.8 Å². The Bertz CT molecular complexity index is 1200. The molecule has 3 aromatic rings. The maximum Gasteiger partial charge on any atom is 0.306 e. The second-order valence-corrected chi connectivity index (χ2v) is 7.82. The summed E-state index contributed by atoms with van der Waals surface area (Å²) in [6, 6.07) is 13.3. The smallest absolute Gasteiger partial charge is 0.306 e. The van der Waals surface area contributed by atoms with Crippen molar-refractivity contribution in [2.24, 2.45) is 0 Å². The van der Waals surface area contributed by atoms with Crippen LogP contribution in [0.2, 0.25) is 0 Å². The van der Waals surface area contributed by atoms with E-state index in [-0.39, 0.29) is 17.9 Å². The standard InChI is InChI=1S/C24H25N3O4/c1-16-7-5-9-19-22(16)25-15-26(24(19)30)13-6-11-21(28)31-17(2)23(29)27-14-12-18-8-3-4-10-20(18)27/h3-5,7-10,15,17H,6,11-14H2,1-2H3/t17-/m1/s1. The monoisotopic (exact) mass is 419 g/mol. The average Bonchev–Trinajstić information content (AvgIpc) is 3.19. The maximum atomic E-state index is 12.7. The highest BCUT2D eigenvalue weighted by Crippen LogP contribution is 2.28. The van der Waals surface area contributed by atoms with Crippen molar-refractivity contribution in [3.63, 3.8) is 0 Å². The lowest BCUT2D eigenvalue weighted by Crippen LogP contribution is -2.39. The highest BCUT2D eigenvalue weighted by molar-refractivity contribution is 5.99. The molecule has 0 unspecified atom stereocenters. The maximum absolute atomic E-state index is 12.7. The zero-order valence-corrected chi connectivity index (χ0v) is 17.7. The van der Waals surface area contributed by atoms with E-state index < -0.39 is 12.1 Å². The third-order valence-corrected chi connectivity index (χ3v) is 5.64. The molecule has 0 radical (unpaired) electrons. The number of anilines is 1. The first kappa shape index (κ1) is 20.8. The lowest BCUT2D eigenvalue weighted by Gasteiger charge is -2.21. The first-order valence-electron chi connectivity index (χ1n) is 10.5. The Balaban J connectivity index is 1.32. The SMILES string of the molecule is Cc1cccc2c(=O)n(CCCC(=O)O[C@H](C)C(=O)N3CCc4ccccc43)cnc12. The topological polar surface area (TPSA) is 81.5 Å². The van der Waals surface area contributed by atoms with Crippen LogP contribution in [0.5, 0.6) is 0 Å². The van der Waals surface area contributed by atoms with E-state index in [1.165, 1.54) is 10.9 Å². The number of aryl methyl sites for hydroxylation is 2.